The standard InChI is InChI=1S/C20H18N2O3S/c1-14-5-2-3-6-17(14)25-13-19(23)21-15-8-10-16(11-9-15)22-20(24)18-7-4-12-26-18/h2-12H,13H2,1H3,(H,21,23)(H,22,24). The monoisotopic (exact) mass is 366 g/mol. The quantitative estimate of drug-likeness (QED) is 0.682. The number of carbonyl (C=O) groups is 2. The lowest BCUT2D eigenvalue weighted by Crippen LogP contribution is -2.20. The lowest BCUT2D eigenvalue weighted by molar-refractivity contribution is -0.118. The third kappa shape index (κ3) is 4.70. The van der Waals surface area contributed by atoms with Crippen LogP contribution in [0.3, 0.4) is 0 Å². The van der Waals surface area contributed by atoms with Crippen molar-refractivity contribution >= 4 is 34.5 Å². The minimum atomic E-state index is -0.247. The smallest absolute Gasteiger partial charge is 0.265 e. The van der Waals surface area contributed by atoms with Gasteiger partial charge in [0.25, 0.3) is 11.8 Å². The third-order valence-corrected chi connectivity index (χ3v) is 4.49. The largest absolute Gasteiger partial charge is 0.483 e. The van der Waals surface area contributed by atoms with Gasteiger partial charge in [0.05, 0.1) is 4.88 Å². The van der Waals surface area contributed by atoms with E-state index in [2.05, 4.69) is 10.6 Å². The minimum Gasteiger partial charge on any atom is -0.483 e. The minimum absolute atomic E-state index is 0.0677. The molecule has 132 valence electrons. The lowest BCUT2D eigenvalue weighted by Gasteiger charge is -2.10. The van der Waals surface area contributed by atoms with Crippen LogP contribution in [0.1, 0.15) is 15.2 Å². The number of para-hydroxylation sites is 1. The van der Waals surface area contributed by atoms with Gasteiger partial charge in [-0.2, -0.15) is 0 Å². The number of aryl methyl sites for hydroxylation is 1. The second kappa shape index (κ2) is 8.31. The van der Waals surface area contributed by atoms with Crippen LogP contribution in [-0.4, -0.2) is 18.4 Å². The molecule has 0 atom stereocenters. The van der Waals surface area contributed by atoms with Crippen LogP contribution in [0.2, 0.25) is 0 Å². The zero-order valence-corrected chi connectivity index (χ0v) is 15.0. The van der Waals surface area contributed by atoms with Gasteiger partial charge in [-0.1, -0.05) is 24.3 Å². The molecule has 0 saturated heterocycles. The molecule has 0 aliphatic heterocycles. The predicted molar refractivity (Wildman–Crippen MR) is 104 cm³/mol. The molecule has 3 rings (SSSR count). The van der Waals surface area contributed by atoms with Crippen molar-refractivity contribution in [1.29, 1.82) is 0 Å². The van der Waals surface area contributed by atoms with Crippen LogP contribution in [-0.2, 0) is 4.79 Å². The van der Waals surface area contributed by atoms with Gasteiger partial charge in [-0.15, -0.1) is 11.3 Å². The molecule has 1 aromatic heterocycles. The van der Waals surface area contributed by atoms with Crippen LogP contribution in [0.15, 0.2) is 66.0 Å². The highest BCUT2D eigenvalue weighted by molar-refractivity contribution is 7.12. The molecule has 0 aliphatic carbocycles. The van der Waals surface area contributed by atoms with Gasteiger partial charge in [0.15, 0.2) is 6.61 Å². The van der Waals surface area contributed by atoms with E-state index >= 15 is 0 Å². The Morgan fingerprint density at radius 2 is 1.62 bits per heavy atom. The highest BCUT2D eigenvalue weighted by Crippen LogP contribution is 2.18. The molecule has 5 nitrogen and oxygen atoms in total. The van der Waals surface area contributed by atoms with Crippen molar-refractivity contribution in [2.75, 3.05) is 17.2 Å². The molecule has 26 heavy (non-hydrogen) atoms. The van der Waals surface area contributed by atoms with E-state index < -0.39 is 0 Å². The van der Waals surface area contributed by atoms with Crippen LogP contribution < -0.4 is 15.4 Å². The fraction of sp³-hybridized carbons (Fsp3) is 0.100. The molecule has 2 amide bonds. The number of hydrogen-bond acceptors (Lipinski definition) is 4. The van der Waals surface area contributed by atoms with E-state index in [9.17, 15) is 9.59 Å². The molecule has 0 aliphatic rings. The Bertz CT molecular complexity index is 890. The summed E-state index contributed by atoms with van der Waals surface area (Å²) in [7, 11) is 0. The molecule has 2 N–H and O–H groups in total. The van der Waals surface area contributed by atoms with Gasteiger partial charge in [-0.3, -0.25) is 9.59 Å². The molecule has 1 heterocycles. The number of nitrogens with one attached hydrogen (secondary N) is 2. The molecule has 6 heteroatoms. The average Bonchev–Trinajstić information content (AvgIpc) is 3.17. The molecule has 3 aromatic rings. The first-order chi connectivity index (χ1) is 12.6. The Morgan fingerprint density at radius 1 is 0.923 bits per heavy atom. The van der Waals surface area contributed by atoms with E-state index in [1.807, 2.05) is 42.6 Å². The maximum atomic E-state index is 12.0. The van der Waals surface area contributed by atoms with Gasteiger partial charge in [-0.05, 0) is 54.3 Å². The second-order valence-electron chi connectivity index (χ2n) is 5.61. The third-order valence-electron chi connectivity index (χ3n) is 3.62. The Kier molecular flexibility index (Phi) is 5.66. The van der Waals surface area contributed by atoms with Crippen molar-refractivity contribution in [2.24, 2.45) is 0 Å². The summed E-state index contributed by atoms with van der Waals surface area (Å²) in [5, 5.41) is 7.43. The number of anilines is 2. The van der Waals surface area contributed by atoms with Crippen molar-refractivity contribution in [2.45, 2.75) is 6.92 Å². The van der Waals surface area contributed by atoms with Crippen LogP contribution in [0.4, 0.5) is 11.4 Å². The Labute approximate surface area is 155 Å². The van der Waals surface area contributed by atoms with E-state index in [1.165, 1.54) is 11.3 Å². The molecular formula is C20H18N2O3S. The molecule has 0 spiro atoms. The maximum Gasteiger partial charge on any atom is 0.265 e. The lowest BCUT2D eigenvalue weighted by atomic mass is 10.2. The van der Waals surface area contributed by atoms with Crippen LogP contribution in [0.5, 0.6) is 5.75 Å². The molecule has 2 aromatic carbocycles. The number of ether oxygens (including phenoxy) is 1. The topological polar surface area (TPSA) is 67.4 Å². The van der Waals surface area contributed by atoms with Gasteiger partial charge in [-0.25, -0.2) is 0 Å². The van der Waals surface area contributed by atoms with Crippen LogP contribution in [0.25, 0.3) is 0 Å². The van der Waals surface area contributed by atoms with E-state index in [0.717, 1.165) is 5.56 Å². The molecule has 0 unspecified atom stereocenters. The Morgan fingerprint density at radius 3 is 2.27 bits per heavy atom. The number of rotatable bonds is 6. The molecule has 0 saturated carbocycles. The van der Waals surface area contributed by atoms with Gasteiger partial charge in [0.1, 0.15) is 5.75 Å². The van der Waals surface area contributed by atoms with Gasteiger partial charge in [0.2, 0.25) is 0 Å². The summed E-state index contributed by atoms with van der Waals surface area (Å²) in [4.78, 5) is 24.7. The predicted octanol–water partition coefficient (Wildman–Crippen LogP) is 4.33. The van der Waals surface area contributed by atoms with Gasteiger partial charge in [0, 0.05) is 11.4 Å². The summed E-state index contributed by atoms with van der Waals surface area (Å²) in [6, 6.07) is 18.1. The first-order valence-electron chi connectivity index (χ1n) is 8.05. The number of carbonyl (C=O) groups excluding carboxylic acids is 2. The maximum absolute atomic E-state index is 12.0. The summed E-state index contributed by atoms with van der Waals surface area (Å²) < 4.78 is 5.52. The second-order valence-corrected chi connectivity index (χ2v) is 6.56. The first kappa shape index (κ1) is 17.7. The van der Waals surface area contributed by atoms with Crippen LogP contribution >= 0.6 is 11.3 Å². The summed E-state index contributed by atoms with van der Waals surface area (Å²) in [5.74, 6) is 0.293. The normalized spacial score (nSPS) is 10.2. The fourth-order valence-electron chi connectivity index (χ4n) is 2.30. The number of amides is 2. The SMILES string of the molecule is Cc1ccccc1OCC(=O)Nc1ccc(NC(=O)c2cccs2)cc1. The van der Waals surface area contributed by atoms with Crippen molar-refractivity contribution in [3.63, 3.8) is 0 Å². The molecule has 0 bridgehead atoms. The zero-order chi connectivity index (χ0) is 18.4. The first-order valence-corrected chi connectivity index (χ1v) is 8.93. The zero-order valence-electron chi connectivity index (χ0n) is 14.2. The van der Waals surface area contributed by atoms with Crippen molar-refractivity contribution < 1.29 is 14.3 Å². The summed E-state index contributed by atoms with van der Waals surface area (Å²) >= 11 is 1.38. The van der Waals surface area contributed by atoms with Gasteiger partial charge >= 0.3 is 0 Å². The summed E-state index contributed by atoms with van der Waals surface area (Å²) in [5.41, 5.74) is 2.28. The summed E-state index contributed by atoms with van der Waals surface area (Å²) in [6.07, 6.45) is 0. The highest BCUT2D eigenvalue weighted by atomic mass is 32.1. The van der Waals surface area contributed by atoms with Gasteiger partial charge < -0.3 is 15.4 Å². The summed E-state index contributed by atoms with van der Waals surface area (Å²) in [6.45, 7) is 1.86. The van der Waals surface area contributed by atoms with Crippen molar-refractivity contribution in [3.8, 4) is 5.75 Å². The van der Waals surface area contributed by atoms with E-state index in [1.54, 1.807) is 30.3 Å². The van der Waals surface area contributed by atoms with Crippen molar-refractivity contribution in [3.05, 3.63) is 76.5 Å². The molecule has 0 fully saturated rings. The Balaban J connectivity index is 1.51. The molecular weight excluding hydrogens is 348 g/mol. The van der Waals surface area contributed by atoms with E-state index in [0.29, 0.717) is 22.0 Å². The Hall–Kier alpha value is -3.12. The number of thiophene rings is 1. The highest BCUT2D eigenvalue weighted by Gasteiger charge is 2.08. The average molecular weight is 366 g/mol. The van der Waals surface area contributed by atoms with Crippen LogP contribution in [0, 0.1) is 6.92 Å². The fourth-order valence-corrected chi connectivity index (χ4v) is 2.92. The number of hydrogen-bond donors (Lipinski definition) is 2. The number of benzene rings is 2. The van der Waals surface area contributed by atoms with E-state index in [4.69, 9.17) is 4.74 Å². The van der Waals surface area contributed by atoms with E-state index in [-0.39, 0.29) is 18.4 Å². The molecule has 0 radical (unpaired) electrons. The van der Waals surface area contributed by atoms with Crippen molar-refractivity contribution in [1.82, 2.24) is 0 Å².